The van der Waals surface area contributed by atoms with E-state index in [1.165, 1.54) is 12.3 Å². The number of sulfonamides is 1. The highest BCUT2D eigenvalue weighted by Crippen LogP contribution is 2.20. The van der Waals surface area contributed by atoms with Crippen molar-refractivity contribution in [1.29, 1.82) is 0 Å². The van der Waals surface area contributed by atoms with E-state index >= 15 is 0 Å². The molecule has 1 amide bonds. The van der Waals surface area contributed by atoms with E-state index in [1.54, 1.807) is 24.0 Å². The molecule has 0 bridgehead atoms. The number of hydrogen-bond donors (Lipinski definition) is 2. The van der Waals surface area contributed by atoms with Gasteiger partial charge in [-0.15, -0.1) is 11.3 Å². The van der Waals surface area contributed by atoms with Crippen molar-refractivity contribution in [2.75, 3.05) is 6.54 Å². The number of carbonyl (C=O) groups is 1. The first-order valence-corrected chi connectivity index (χ1v) is 8.10. The molecule has 0 fully saturated rings. The fourth-order valence-corrected chi connectivity index (χ4v) is 3.39. The summed E-state index contributed by atoms with van der Waals surface area (Å²) in [6, 6.07) is 3.17. The molecule has 0 radical (unpaired) electrons. The number of aromatic nitrogens is 2. The molecule has 7 nitrogen and oxygen atoms in total. The average Bonchev–Trinajstić information content (AvgIpc) is 2.97. The molecule has 0 saturated carbocycles. The van der Waals surface area contributed by atoms with Gasteiger partial charge in [0.05, 0.1) is 12.5 Å². The van der Waals surface area contributed by atoms with E-state index in [1.807, 2.05) is 0 Å². The molecule has 108 valence electrons. The molecule has 0 aliphatic heterocycles. The van der Waals surface area contributed by atoms with Crippen LogP contribution in [0.15, 0.2) is 28.9 Å². The highest BCUT2D eigenvalue weighted by molar-refractivity contribution is 7.91. The maximum Gasteiger partial charge on any atom is 0.269 e. The van der Waals surface area contributed by atoms with Crippen molar-refractivity contribution in [3.8, 4) is 0 Å². The van der Waals surface area contributed by atoms with E-state index in [-0.39, 0.29) is 10.1 Å². The van der Waals surface area contributed by atoms with Crippen molar-refractivity contribution >= 4 is 27.3 Å². The maximum absolute atomic E-state index is 11.8. The van der Waals surface area contributed by atoms with Gasteiger partial charge in [0.15, 0.2) is 0 Å². The lowest BCUT2D eigenvalue weighted by atomic mass is 10.3. The number of aryl methyl sites for hydroxylation is 1. The minimum absolute atomic E-state index is 0.130. The van der Waals surface area contributed by atoms with Gasteiger partial charge in [-0.05, 0) is 18.6 Å². The molecule has 9 heteroatoms. The van der Waals surface area contributed by atoms with Gasteiger partial charge >= 0.3 is 0 Å². The number of primary sulfonamides is 1. The summed E-state index contributed by atoms with van der Waals surface area (Å²) in [4.78, 5) is 16.5. The van der Waals surface area contributed by atoms with Gasteiger partial charge in [-0.25, -0.2) is 18.5 Å². The van der Waals surface area contributed by atoms with Crippen LogP contribution in [0.5, 0.6) is 0 Å². The Labute approximate surface area is 120 Å². The molecule has 0 unspecified atom stereocenters. The summed E-state index contributed by atoms with van der Waals surface area (Å²) in [5, 5.41) is 7.78. The van der Waals surface area contributed by atoms with Crippen LogP contribution in [-0.2, 0) is 23.5 Å². The van der Waals surface area contributed by atoms with Crippen molar-refractivity contribution in [2.45, 2.75) is 10.6 Å². The molecular weight excluding hydrogens is 300 g/mol. The van der Waals surface area contributed by atoms with E-state index in [9.17, 15) is 13.2 Å². The molecule has 2 aromatic rings. The SMILES string of the molecule is Cn1cncc1C(=O)NCCc1ccc(S(N)(=O)=O)s1. The number of amides is 1. The molecular formula is C11H14N4O3S2. The van der Waals surface area contributed by atoms with Crippen molar-refractivity contribution in [3.05, 3.63) is 35.2 Å². The minimum atomic E-state index is -3.64. The van der Waals surface area contributed by atoms with Crippen molar-refractivity contribution < 1.29 is 13.2 Å². The fraction of sp³-hybridized carbons (Fsp3) is 0.273. The van der Waals surface area contributed by atoms with Gasteiger partial charge in [-0.2, -0.15) is 0 Å². The maximum atomic E-state index is 11.8. The van der Waals surface area contributed by atoms with Crippen LogP contribution < -0.4 is 10.5 Å². The molecule has 0 aromatic carbocycles. The summed E-state index contributed by atoms with van der Waals surface area (Å²) in [6.07, 6.45) is 3.58. The smallest absolute Gasteiger partial charge is 0.269 e. The van der Waals surface area contributed by atoms with Crippen LogP contribution in [0.25, 0.3) is 0 Å². The summed E-state index contributed by atoms with van der Waals surface area (Å²) in [5.74, 6) is -0.215. The highest BCUT2D eigenvalue weighted by atomic mass is 32.2. The third-order valence-corrected chi connectivity index (χ3v) is 5.21. The second-order valence-corrected chi connectivity index (χ2v) is 7.12. The second-order valence-electron chi connectivity index (χ2n) is 4.16. The van der Waals surface area contributed by atoms with E-state index in [0.29, 0.717) is 18.7 Å². The summed E-state index contributed by atoms with van der Waals surface area (Å²) in [5.41, 5.74) is 0.474. The number of nitrogens with two attached hydrogens (primary N) is 1. The van der Waals surface area contributed by atoms with Crippen LogP contribution in [0, 0.1) is 0 Å². The standard InChI is InChI=1S/C11H14N4O3S2/c1-15-7-13-6-9(15)11(16)14-5-4-8-2-3-10(19-8)20(12,17)18/h2-3,6-7H,4-5H2,1H3,(H,14,16)(H2,12,17,18). The van der Waals surface area contributed by atoms with Crippen LogP contribution in [0.2, 0.25) is 0 Å². The highest BCUT2D eigenvalue weighted by Gasteiger charge is 2.12. The Morgan fingerprint density at radius 1 is 1.50 bits per heavy atom. The fourth-order valence-electron chi connectivity index (χ4n) is 1.61. The average molecular weight is 314 g/mol. The molecule has 0 aliphatic carbocycles. The first kappa shape index (κ1) is 14.7. The largest absolute Gasteiger partial charge is 0.350 e. The number of imidazole rings is 1. The van der Waals surface area contributed by atoms with E-state index in [2.05, 4.69) is 10.3 Å². The Hall–Kier alpha value is -1.71. The lowest BCUT2D eigenvalue weighted by Crippen LogP contribution is -2.27. The monoisotopic (exact) mass is 314 g/mol. The summed E-state index contributed by atoms with van der Waals surface area (Å²) in [6.45, 7) is 0.411. The number of rotatable bonds is 5. The summed E-state index contributed by atoms with van der Waals surface area (Å²) in [7, 11) is -1.91. The Kier molecular flexibility index (Phi) is 4.21. The molecule has 2 heterocycles. The molecule has 0 aliphatic rings. The normalized spacial score (nSPS) is 11.5. The van der Waals surface area contributed by atoms with Crippen LogP contribution in [-0.4, -0.2) is 30.4 Å². The third-order valence-electron chi connectivity index (χ3n) is 2.62. The minimum Gasteiger partial charge on any atom is -0.350 e. The summed E-state index contributed by atoms with van der Waals surface area (Å²) >= 11 is 1.11. The number of thiophene rings is 1. The van der Waals surface area contributed by atoms with Crippen molar-refractivity contribution in [2.24, 2.45) is 12.2 Å². The van der Waals surface area contributed by atoms with E-state index in [4.69, 9.17) is 5.14 Å². The molecule has 0 spiro atoms. The van der Waals surface area contributed by atoms with Gasteiger partial charge < -0.3 is 9.88 Å². The van der Waals surface area contributed by atoms with Gasteiger partial charge in [0.25, 0.3) is 5.91 Å². The third kappa shape index (κ3) is 3.44. The Balaban J connectivity index is 1.89. The van der Waals surface area contributed by atoms with Gasteiger partial charge in [-0.3, -0.25) is 4.79 Å². The number of carbonyl (C=O) groups excluding carboxylic acids is 1. The number of nitrogens with zero attached hydrogens (tertiary/aromatic N) is 2. The first-order chi connectivity index (χ1) is 9.38. The van der Waals surface area contributed by atoms with Crippen LogP contribution in [0.1, 0.15) is 15.4 Å². The first-order valence-electron chi connectivity index (χ1n) is 5.74. The quantitative estimate of drug-likeness (QED) is 0.816. The van der Waals surface area contributed by atoms with Gasteiger partial charge in [-0.1, -0.05) is 0 Å². The molecule has 0 atom stereocenters. The zero-order chi connectivity index (χ0) is 14.8. The topological polar surface area (TPSA) is 107 Å². The lowest BCUT2D eigenvalue weighted by molar-refractivity contribution is 0.0946. The van der Waals surface area contributed by atoms with Crippen molar-refractivity contribution in [1.82, 2.24) is 14.9 Å². The molecule has 0 saturated heterocycles. The molecule has 2 rings (SSSR count). The number of nitrogens with one attached hydrogen (secondary N) is 1. The van der Waals surface area contributed by atoms with Gasteiger partial charge in [0.1, 0.15) is 9.90 Å². The Morgan fingerprint density at radius 3 is 2.80 bits per heavy atom. The molecule has 20 heavy (non-hydrogen) atoms. The van der Waals surface area contributed by atoms with E-state index < -0.39 is 10.0 Å². The predicted octanol–water partition coefficient (Wildman–Crippen LogP) is 0.101. The molecule has 2 aromatic heterocycles. The number of hydrogen-bond acceptors (Lipinski definition) is 5. The zero-order valence-corrected chi connectivity index (χ0v) is 12.4. The predicted molar refractivity (Wildman–Crippen MR) is 74.9 cm³/mol. The second kappa shape index (κ2) is 5.73. The zero-order valence-electron chi connectivity index (χ0n) is 10.7. The van der Waals surface area contributed by atoms with Crippen molar-refractivity contribution in [3.63, 3.8) is 0 Å². The van der Waals surface area contributed by atoms with Crippen LogP contribution in [0.4, 0.5) is 0 Å². The summed E-state index contributed by atoms with van der Waals surface area (Å²) < 4.78 is 24.0. The van der Waals surface area contributed by atoms with Crippen LogP contribution >= 0.6 is 11.3 Å². The van der Waals surface area contributed by atoms with Crippen LogP contribution in [0.3, 0.4) is 0 Å². The Bertz CT molecular complexity index is 718. The Morgan fingerprint density at radius 2 is 2.25 bits per heavy atom. The van der Waals surface area contributed by atoms with E-state index in [0.717, 1.165) is 16.2 Å². The lowest BCUT2D eigenvalue weighted by Gasteiger charge is -2.04. The van der Waals surface area contributed by atoms with Gasteiger partial charge in [0, 0.05) is 18.5 Å². The van der Waals surface area contributed by atoms with Gasteiger partial charge in [0.2, 0.25) is 10.0 Å². The molecule has 3 N–H and O–H groups in total.